The van der Waals surface area contributed by atoms with Gasteiger partial charge in [-0.05, 0) is 199 Å². The van der Waals surface area contributed by atoms with Crippen LogP contribution in [0.1, 0.15) is 88.9 Å². The lowest BCUT2D eigenvalue weighted by Gasteiger charge is -2.32. The molecule has 84 heavy (non-hydrogen) atoms. The molecule has 0 bridgehead atoms. The van der Waals surface area contributed by atoms with Crippen molar-refractivity contribution in [3.8, 4) is 66.8 Å². The zero-order valence-electron chi connectivity index (χ0n) is 48.7. The van der Waals surface area contributed by atoms with Gasteiger partial charge in [0, 0.05) is 44.8 Å². The van der Waals surface area contributed by atoms with Gasteiger partial charge in [-0.1, -0.05) is 233 Å². The van der Waals surface area contributed by atoms with Gasteiger partial charge in [0.2, 0.25) is 0 Å². The average molecular weight is 1080 g/mol. The fourth-order valence-corrected chi connectivity index (χ4v) is 15.5. The van der Waals surface area contributed by atoms with E-state index in [2.05, 4.69) is 319 Å². The van der Waals surface area contributed by atoms with E-state index in [1.807, 2.05) is 0 Å². The topological polar surface area (TPSA) is 6.48 Å². The van der Waals surface area contributed by atoms with E-state index in [1.54, 1.807) is 0 Å². The van der Waals surface area contributed by atoms with Crippen LogP contribution in [-0.2, 0) is 16.2 Å². The van der Waals surface area contributed by atoms with Gasteiger partial charge < -0.3 is 9.80 Å². The summed E-state index contributed by atoms with van der Waals surface area (Å²) in [5.41, 5.74) is 35.9. The summed E-state index contributed by atoms with van der Waals surface area (Å²) >= 11 is 0. The Hall–Kier alpha value is -9.76. The lowest BCUT2D eigenvalue weighted by Crippen LogP contribution is -2.26. The Morgan fingerprint density at radius 1 is 0.238 bits per heavy atom. The quantitative estimate of drug-likeness (QED) is 0.150. The van der Waals surface area contributed by atoms with Crippen molar-refractivity contribution in [1.29, 1.82) is 0 Å². The zero-order valence-corrected chi connectivity index (χ0v) is 48.7. The van der Waals surface area contributed by atoms with Gasteiger partial charge in [-0.2, -0.15) is 0 Å². The molecule has 12 aromatic carbocycles. The summed E-state index contributed by atoms with van der Waals surface area (Å²) in [6.07, 6.45) is 0. The minimum atomic E-state index is -0.465. The zero-order chi connectivity index (χ0) is 56.8. The molecule has 0 unspecified atom stereocenters. The molecule has 2 nitrogen and oxygen atoms in total. The molecular formula is C82H64N2. The largest absolute Gasteiger partial charge is 0.310 e. The second-order valence-electron chi connectivity index (χ2n) is 25.0. The molecule has 0 radical (unpaired) electrons. The highest BCUT2D eigenvalue weighted by Crippen LogP contribution is 2.64. The number of para-hydroxylation sites is 1. The molecule has 0 fully saturated rings. The lowest BCUT2D eigenvalue weighted by molar-refractivity contribution is 0.659. The maximum Gasteiger partial charge on any atom is 0.0726 e. The van der Waals surface area contributed by atoms with Gasteiger partial charge >= 0.3 is 0 Å². The van der Waals surface area contributed by atoms with E-state index in [1.165, 1.54) is 128 Å². The van der Waals surface area contributed by atoms with Gasteiger partial charge in [-0.15, -0.1) is 0 Å². The summed E-state index contributed by atoms with van der Waals surface area (Å²) in [6.45, 7) is 16.3. The maximum absolute atomic E-state index is 2.50. The van der Waals surface area contributed by atoms with E-state index < -0.39 is 5.41 Å². The normalized spacial score (nSPS) is 14.4. The number of fused-ring (bicyclic) bond motifs is 16. The second-order valence-corrected chi connectivity index (χ2v) is 25.0. The molecule has 2 heteroatoms. The van der Waals surface area contributed by atoms with Crippen LogP contribution in [0, 0.1) is 20.8 Å². The summed E-state index contributed by atoms with van der Waals surface area (Å²) < 4.78 is 0. The lowest BCUT2D eigenvalue weighted by atomic mass is 9.70. The van der Waals surface area contributed by atoms with Crippen molar-refractivity contribution < 1.29 is 0 Å². The van der Waals surface area contributed by atoms with Gasteiger partial charge in [0.1, 0.15) is 0 Å². The predicted molar refractivity (Wildman–Crippen MR) is 352 cm³/mol. The van der Waals surface area contributed by atoms with Crippen LogP contribution < -0.4 is 9.80 Å². The first-order valence-electron chi connectivity index (χ1n) is 29.8. The Balaban J connectivity index is 0.821. The van der Waals surface area contributed by atoms with E-state index in [4.69, 9.17) is 0 Å². The third-order valence-electron chi connectivity index (χ3n) is 19.5. The maximum atomic E-state index is 2.50. The van der Waals surface area contributed by atoms with E-state index in [9.17, 15) is 0 Å². The monoisotopic (exact) mass is 1080 g/mol. The molecule has 12 aromatic rings. The number of hydrogen-bond acceptors (Lipinski definition) is 2. The summed E-state index contributed by atoms with van der Waals surface area (Å²) in [5.74, 6) is 0. The highest BCUT2D eigenvalue weighted by Gasteiger charge is 2.52. The Morgan fingerprint density at radius 3 is 1.08 bits per heavy atom. The van der Waals surface area contributed by atoms with E-state index in [0.717, 1.165) is 34.1 Å². The van der Waals surface area contributed by atoms with Gasteiger partial charge in [0.25, 0.3) is 0 Å². The molecule has 0 atom stereocenters. The van der Waals surface area contributed by atoms with Crippen molar-refractivity contribution in [3.05, 3.63) is 322 Å². The van der Waals surface area contributed by atoms with Crippen molar-refractivity contribution >= 4 is 34.1 Å². The molecular weight excluding hydrogens is 1010 g/mol. The van der Waals surface area contributed by atoms with Crippen molar-refractivity contribution in [2.75, 3.05) is 9.80 Å². The van der Waals surface area contributed by atoms with Crippen molar-refractivity contribution in [2.24, 2.45) is 0 Å². The number of nitrogens with zero attached hydrogens (tertiary/aromatic N) is 2. The molecule has 0 saturated carbocycles. The molecule has 402 valence electrons. The molecule has 0 amide bonds. The third-order valence-corrected chi connectivity index (χ3v) is 19.5. The molecule has 0 saturated heterocycles. The first-order valence-corrected chi connectivity index (χ1v) is 29.8. The second kappa shape index (κ2) is 18.4. The summed E-state index contributed by atoms with van der Waals surface area (Å²) in [5, 5.41) is 0. The van der Waals surface area contributed by atoms with E-state index in [-0.39, 0.29) is 10.8 Å². The molecule has 0 aromatic heterocycles. The van der Waals surface area contributed by atoms with Crippen LogP contribution in [0.25, 0.3) is 66.8 Å². The number of benzene rings is 12. The molecule has 0 heterocycles. The van der Waals surface area contributed by atoms with Crippen LogP contribution in [-0.4, -0.2) is 0 Å². The molecule has 4 aliphatic carbocycles. The van der Waals surface area contributed by atoms with Gasteiger partial charge in [0.15, 0.2) is 0 Å². The van der Waals surface area contributed by atoms with Gasteiger partial charge in [-0.3, -0.25) is 0 Å². The molecule has 0 aliphatic heterocycles. The predicted octanol–water partition coefficient (Wildman–Crippen LogP) is 21.8. The smallest absolute Gasteiger partial charge is 0.0726 e. The van der Waals surface area contributed by atoms with Gasteiger partial charge in [-0.25, -0.2) is 0 Å². The molecule has 1 spiro atoms. The third kappa shape index (κ3) is 7.16. The SMILES string of the molecule is Cc1ccc2c(c1)C(C)(C)c1cc(N(c3ccc(-c4ccc(N(c5ccc6c(c5)C5(c7ccccc7-c7ccccc75)c5ccccc5-6)c5ccccc5-c5ccccc5)cc4)c(C)c3)c3ccc4c(c3)C(C)(C)c3cc(C)ccc3-4)ccc1-2. The average Bonchev–Trinajstić information content (AvgIpc) is 2.22. The summed E-state index contributed by atoms with van der Waals surface area (Å²) in [6, 6.07) is 98.9. The highest BCUT2D eigenvalue weighted by molar-refractivity contribution is 5.98. The number of hydrogen-bond donors (Lipinski definition) is 0. The van der Waals surface area contributed by atoms with Crippen LogP contribution in [0.4, 0.5) is 34.1 Å². The first kappa shape index (κ1) is 50.0. The van der Waals surface area contributed by atoms with Crippen molar-refractivity contribution in [2.45, 2.75) is 64.7 Å². The summed E-state index contributed by atoms with van der Waals surface area (Å²) in [7, 11) is 0. The molecule has 16 rings (SSSR count). The Kier molecular flexibility index (Phi) is 10.9. The number of rotatable bonds is 8. The Labute approximate surface area is 494 Å². The fourth-order valence-electron chi connectivity index (χ4n) is 15.5. The van der Waals surface area contributed by atoms with Crippen molar-refractivity contribution in [3.63, 3.8) is 0 Å². The Bertz CT molecular complexity index is 4530. The van der Waals surface area contributed by atoms with Crippen LogP contribution >= 0.6 is 0 Å². The Morgan fingerprint density at radius 2 is 0.583 bits per heavy atom. The molecule has 0 N–H and O–H groups in total. The minimum absolute atomic E-state index is 0.147. The number of aryl methyl sites for hydroxylation is 3. The van der Waals surface area contributed by atoms with E-state index >= 15 is 0 Å². The van der Waals surface area contributed by atoms with Crippen LogP contribution in [0.5, 0.6) is 0 Å². The standard InChI is InChI=1S/C82H64N2/c1-51-29-39-66-68-42-36-58(48-76(68)80(4,5)74(66)45-51)83(59-37-43-69-67-40-30-52(2)46-75(67)81(6,7)77(69)49-59)57-35-41-61(53(3)47-57)55-31-33-56(34-32-55)84(79-28-18-14-21-62(79)54-19-9-8-10-20-54)60-38-44-70-65-24-13-17-27-73(65)82(78(70)50-60)71-25-15-11-22-63(71)64-23-12-16-26-72(64)82/h8-50H,1-7H3. The highest BCUT2D eigenvalue weighted by atomic mass is 15.1. The van der Waals surface area contributed by atoms with E-state index in [0.29, 0.717) is 0 Å². The van der Waals surface area contributed by atoms with Crippen molar-refractivity contribution in [1.82, 2.24) is 0 Å². The van der Waals surface area contributed by atoms with Crippen LogP contribution in [0.15, 0.2) is 261 Å². The fraction of sp³-hybridized carbons (Fsp3) is 0.122. The van der Waals surface area contributed by atoms with Gasteiger partial charge in [0.05, 0.1) is 11.1 Å². The summed E-state index contributed by atoms with van der Waals surface area (Å²) in [4.78, 5) is 4.98. The minimum Gasteiger partial charge on any atom is -0.310 e. The number of anilines is 6. The molecule has 4 aliphatic rings. The van der Waals surface area contributed by atoms with Crippen LogP contribution in [0.3, 0.4) is 0 Å². The van der Waals surface area contributed by atoms with Crippen LogP contribution in [0.2, 0.25) is 0 Å². The first-order chi connectivity index (χ1) is 40.9.